The van der Waals surface area contributed by atoms with E-state index < -0.39 is 33.4 Å². The smallest absolute Gasteiger partial charge is 0.331 e. The number of Topliss-reactive ketones (excluding diaryl/α,β-unsaturated/α-hetero) is 1. The lowest BCUT2D eigenvalue weighted by Crippen LogP contribution is -2.32. The number of hydrogen-bond acceptors (Lipinski definition) is 6. The Labute approximate surface area is 194 Å². The molecule has 0 aliphatic heterocycles. The number of nitrogens with zero attached hydrogens (tertiary/aromatic N) is 1. The van der Waals surface area contributed by atoms with Crippen LogP contribution >= 0.6 is 0 Å². The van der Waals surface area contributed by atoms with Gasteiger partial charge in [0.1, 0.15) is 17.4 Å². The molecular formula is C25H28N2O5S. The average molecular weight is 469 g/mol. The summed E-state index contributed by atoms with van der Waals surface area (Å²) in [5, 5.41) is 0. The van der Waals surface area contributed by atoms with E-state index >= 15 is 0 Å². The number of aryl methyl sites for hydroxylation is 2. The number of benzene rings is 2. The predicted octanol–water partition coefficient (Wildman–Crippen LogP) is 3.99. The molecule has 0 aromatic heterocycles. The molecule has 2 aromatic carbocycles. The van der Waals surface area contributed by atoms with Gasteiger partial charge in [0.15, 0.2) is 0 Å². The average Bonchev–Trinajstić information content (AvgIpc) is 2.69. The first kappa shape index (κ1) is 24.4. The van der Waals surface area contributed by atoms with E-state index in [0.29, 0.717) is 16.7 Å². The number of nitrogens with one attached hydrogen (secondary N) is 1. The van der Waals surface area contributed by atoms with Crippen LogP contribution in [0.1, 0.15) is 54.7 Å². The van der Waals surface area contributed by atoms with E-state index in [0.717, 1.165) is 5.56 Å². The van der Waals surface area contributed by atoms with Gasteiger partial charge in [0, 0.05) is 11.1 Å². The van der Waals surface area contributed by atoms with Crippen LogP contribution in [0.2, 0.25) is 0 Å². The first-order valence-electron chi connectivity index (χ1n) is 10.5. The molecule has 174 valence electrons. The summed E-state index contributed by atoms with van der Waals surface area (Å²) in [5.41, 5.74) is 1.79. The second-order valence-electron chi connectivity index (χ2n) is 9.03. The Balaban J connectivity index is 2.03. The number of carbonyl (C=O) groups excluding carboxylic acids is 2. The van der Waals surface area contributed by atoms with Gasteiger partial charge in [-0.15, -0.1) is 0 Å². The summed E-state index contributed by atoms with van der Waals surface area (Å²) in [6, 6.07) is 10.8. The minimum absolute atomic E-state index is 0.0228. The maximum atomic E-state index is 13.2. The first-order chi connectivity index (χ1) is 15.3. The van der Waals surface area contributed by atoms with Gasteiger partial charge in [0.25, 0.3) is 10.0 Å². The summed E-state index contributed by atoms with van der Waals surface area (Å²) in [6.45, 7) is 10.4. The molecule has 1 aliphatic rings. The lowest BCUT2D eigenvalue weighted by atomic mass is 9.92. The first-order valence-corrected chi connectivity index (χ1v) is 12.0. The fourth-order valence-electron chi connectivity index (χ4n) is 3.46. The van der Waals surface area contributed by atoms with E-state index in [2.05, 4.69) is 9.71 Å². The predicted molar refractivity (Wildman–Crippen MR) is 128 cm³/mol. The molecule has 2 aromatic rings. The lowest BCUT2D eigenvalue weighted by molar-refractivity contribution is -0.155. The summed E-state index contributed by atoms with van der Waals surface area (Å²) < 4.78 is 34.3. The van der Waals surface area contributed by atoms with Crippen LogP contribution in [0.15, 0.2) is 58.4 Å². The molecule has 0 bridgehead atoms. The number of rotatable bonds is 5. The summed E-state index contributed by atoms with van der Waals surface area (Å²) >= 11 is 0. The number of ether oxygens (including phenoxy) is 1. The van der Waals surface area contributed by atoms with Gasteiger partial charge in [-0.05, 0) is 59.2 Å². The molecule has 3 rings (SSSR count). The molecule has 0 fully saturated rings. The zero-order chi connectivity index (χ0) is 24.6. The molecule has 1 aliphatic carbocycles. The Kier molecular flexibility index (Phi) is 6.61. The van der Waals surface area contributed by atoms with Crippen LogP contribution in [-0.4, -0.2) is 37.5 Å². The minimum atomic E-state index is -3.94. The molecule has 0 spiro atoms. The van der Waals surface area contributed by atoms with Crippen molar-refractivity contribution in [3.63, 3.8) is 0 Å². The fraction of sp³-hybridized carbons (Fsp3) is 0.320. The SMILES string of the molecule is Cc1ccc(S(=O)(=O)NC2=CC(=N[C@@H](C)C(=O)OC(C)(C)C)C(=O)c3ccccc32)c(C)c1. The quantitative estimate of drug-likeness (QED) is 0.669. The second-order valence-corrected chi connectivity index (χ2v) is 10.7. The van der Waals surface area contributed by atoms with Crippen LogP contribution in [0.3, 0.4) is 0 Å². The monoisotopic (exact) mass is 468 g/mol. The zero-order valence-electron chi connectivity index (χ0n) is 19.6. The normalized spacial score (nSPS) is 16.1. The summed E-state index contributed by atoms with van der Waals surface area (Å²) in [7, 11) is -3.94. The molecule has 7 nitrogen and oxygen atoms in total. The Bertz CT molecular complexity index is 1280. The molecule has 0 unspecified atom stereocenters. The second kappa shape index (κ2) is 8.94. The Morgan fingerprint density at radius 1 is 1.06 bits per heavy atom. The molecule has 0 heterocycles. The Morgan fingerprint density at radius 3 is 2.30 bits per heavy atom. The third-order valence-electron chi connectivity index (χ3n) is 4.92. The molecule has 33 heavy (non-hydrogen) atoms. The molecule has 1 atom stereocenters. The summed E-state index contributed by atoms with van der Waals surface area (Å²) in [4.78, 5) is 29.8. The highest BCUT2D eigenvalue weighted by Gasteiger charge is 2.29. The van der Waals surface area contributed by atoms with Crippen molar-refractivity contribution in [2.75, 3.05) is 0 Å². The van der Waals surface area contributed by atoms with Crippen LogP contribution in [0.5, 0.6) is 0 Å². The van der Waals surface area contributed by atoms with Crippen molar-refractivity contribution in [2.45, 2.75) is 58.1 Å². The highest BCUT2D eigenvalue weighted by molar-refractivity contribution is 7.90. The number of esters is 1. The van der Waals surface area contributed by atoms with E-state index in [1.165, 1.54) is 13.0 Å². The zero-order valence-corrected chi connectivity index (χ0v) is 20.4. The van der Waals surface area contributed by atoms with Crippen LogP contribution in [0.25, 0.3) is 5.70 Å². The van der Waals surface area contributed by atoms with E-state index in [9.17, 15) is 18.0 Å². The standard InChI is InChI=1S/C25H28N2O5S/c1-15-11-12-22(16(2)13-15)33(30,31)27-20-14-21(23(28)19-10-8-7-9-18(19)20)26-17(3)24(29)32-25(4,5)6/h7-14,17,27H,1-6H3/t17-/m0/s1. The van der Waals surface area contributed by atoms with E-state index in [1.54, 1.807) is 70.2 Å². The maximum absolute atomic E-state index is 13.2. The van der Waals surface area contributed by atoms with Crippen molar-refractivity contribution in [3.05, 3.63) is 70.8 Å². The van der Waals surface area contributed by atoms with Gasteiger partial charge in [-0.3, -0.25) is 14.5 Å². The molecule has 0 saturated heterocycles. The highest BCUT2D eigenvalue weighted by atomic mass is 32.2. The van der Waals surface area contributed by atoms with Crippen molar-refractivity contribution in [1.82, 2.24) is 4.72 Å². The van der Waals surface area contributed by atoms with Gasteiger partial charge >= 0.3 is 5.97 Å². The molecular weight excluding hydrogens is 440 g/mol. The number of aliphatic imine (C=N–C) groups is 1. The van der Waals surface area contributed by atoms with Crippen LogP contribution in [0.4, 0.5) is 0 Å². The van der Waals surface area contributed by atoms with Gasteiger partial charge in [0.05, 0.1) is 10.6 Å². The van der Waals surface area contributed by atoms with Crippen molar-refractivity contribution in [3.8, 4) is 0 Å². The number of fused-ring (bicyclic) bond motifs is 1. The van der Waals surface area contributed by atoms with Crippen molar-refractivity contribution in [2.24, 2.45) is 4.99 Å². The number of ketones is 1. The number of allylic oxidation sites excluding steroid dienone is 1. The molecule has 0 amide bonds. The van der Waals surface area contributed by atoms with Gasteiger partial charge in [-0.1, -0.05) is 42.0 Å². The minimum Gasteiger partial charge on any atom is -0.458 e. The third kappa shape index (κ3) is 5.57. The number of carbonyl (C=O) groups is 2. The summed E-state index contributed by atoms with van der Waals surface area (Å²) in [6.07, 6.45) is 1.37. The maximum Gasteiger partial charge on any atom is 0.331 e. The van der Waals surface area contributed by atoms with Crippen LogP contribution in [0, 0.1) is 13.8 Å². The van der Waals surface area contributed by atoms with Gasteiger partial charge in [0.2, 0.25) is 5.78 Å². The topological polar surface area (TPSA) is 102 Å². The molecule has 0 radical (unpaired) electrons. The van der Waals surface area contributed by atoms with Crippen molar-refractivity contribution >= 4 is 33.2 Å². The number of hydrogen-bond donors (Lipinski definition) is 1. The van der Waals surface area contributed by atoms with Crippen molar-refractivity contribution in [1.29, 1.82) is 0 Å². The highest BCUT2D eigenvalue weighted by Crippen LogP contribution is 2.27. The Hall–Kier alpha value is -3.26. The van der Waals surface area contributed by atoms with Gasteiger partial charge in [-0.25, -0.2) is 13.2 Å². The van der Waals surface area contributed by atoms with Crippen LogP contribution < -0.4 is 4.72 Å². The summed E-state index contributed by atoms with van der Waals surface area (Å²) in [5.74, 6) is -0.969. The van der Waals surface area contributed by atoms with Crippen LogP contribution in [-0.2, 0) is 19.6 Å². The Morgan fingerprint density at radius 2 is 1.70 bits per heavy atom. The van der Waals surface area contributed by atoms with Gasteiger partial charge < -0.3 is 4.74 Å². The third-order valence-corrected chi connectivity index (χ3v) is 6.45. The van der Waals surface area contributed by atoms with Gasteiger partial charge in [-0.2, -0.15) is 0 Å². The van der Waals surface area contributed by atoms with E-state index in [1.807, 2.05) is 6.92 Å². The molecule has 0 saturated carbocycles. The van der Waals surface area contributed by atoms with E-state index in [4.69, 9.17) is 4.74 Å². The van der Waals surface area contributed by atoms with Crippen molar-refractivity contribution < 1.29 is 22.7 Å². The molecule has 1 N–H and O–H groups in total. The van der Waals surface area contributed by atoms with E-state index in [-0.39, 0.29) is 16.3 Å². The number of sulfonamides is 1. The fourth-order valence-corrected chi connectivity index (χ4v) is 4.76. The largest absolute Gasteiger partial charge is 0.458 e. The lowest BCUT2D eigenvalue weighted by Gasteiger charge is -2.22. The molecule has 8 heteroatoms.